The second kappa shape index (κ2) is 7.01. The molecular weight excluding hydrogens is 302 g/mol. The maximum atomic E-state index is 12.4. The summed E-state index contributed by atoms with van der Waals surface area (Å²) in [6, 6.07) is 4.72. The molecule has 1 aromatic rings. The minimum absolute atomic E-state index is 0.168. The molecule has 0 bridgehead atoms. The SMILES string of the molecule is C[C@@H]1CCCN(C(=O)Nc2cc(Cl)ccc2C(=O)N(C)C)C1. The Kier molecular flexibility index (Phi) is 5.29. The van der Waals surface area contributed by atoms with Gasteiger partial charge in [-0.1, -0.05) is 18.5 Å². The van der Waals surface area contributed by atoms with Crippen molar-refractivity contribution in [3.8, 4) is 0 Å². The number of carbonyl (C=O) groups is 2. The molecule has 1 aliphatic rings. The van der Waals surface area contributed by atoms with Crippen LogP contribution in [-0.4, -0.2) is 48.9 Å². The number of piperidine rings is 1. The maximum absolute atomic E-state index is 12.4. The zero-order chi connectivity index (χ0) is 16.3. The van der Waals surface area contributed by atoms with Crippen molar-refractivity contribution >= 4 is 29.2 Å². The molecule has 0 spiro atoms. The number of amides is 3. The van der Waals surface area contributed by atoms with Crippen molar-refractivity contribution in [1.82, 2.24) is 9.80 Å². The molecule has 0 saturated carbocycles. The lowest BCUT2D eigenvalue weighted by Gasteiger charge is -2.31. The van der Waals surface area contributed by atoms with Crippen LogP contribution in [0.15, 0.2) is 18.2 Å². The third kappa shape index (κ3) is 3.91. The van der Waals surface area contributed by atoms with Crippen LogP contribution >= 0.6 is 11.6 Å². The lowest BCUT2D eigenvalue weighted by Crippen LogP contribution is -2.42. The largest absolute Gasteiger partial charge is 0.345 e. The van der Waals surface area contributed by atoms with Crippen molar-refractivity contribution in [2.24, 2.45) is 5.92 Å². The van der Waals surface area contributed by atoms with Gasteiger partial charge < -0.3 is 15.1 Å². The van der Waals surface area contributed by atoms with Gasteiger partial charge in [0.1, 0.15) is 0 Å². The van der Waals surface area contributed by atoms with Gasteiger partial charge in [-0.25, -0.2) is 4.79 Å². The summed E-state index contributed by atoms with van der Waals surface area (Å²) in [4.78, 5) is 27.9. The molecule has 0 radical (unpaired) electrons. The smallest absolute Gasteiger partial charge is 0.321 e. The third-order valence-electron chi connectivity index (χ3n) is 3.80. The summed E-state index contributed by atoms with van der Waals surface area (Å²) in [5.41, 5.74) is 0.891. The molecule has 1 aliphatic heterocycles. The summed E-state index contributed by atoms with van der Waals surface area (Å²) in [7, 11) is 3.35. The summed E-state index contributed by atoms with van der Waals surface area (Å²) in [6.45, 7) is 3.62. The fourth-order valence-electron chi connectivity index (χ4n) is 2.62. The number of anilines is 1. The molecular formula is C16H22ClN3O2. The molecule has 1 fully saturated rings. The first-order chi connectivity index (χ1) is 10.4. The number of benzene rings is 1. The summed E-state index contributed by atoms with van der Waals surface area (Å²) in [6.07, 6.45) is 2.15. The van der Waals surface area contributed by atoms with E-state index in [1.54, 1.807) is 37.2 Å². The van der Waals surface area contributed by atoms with Gasteiger partial charge >= 0.3 is 6.03 Å². The first-order valence-corrected chi connectivity index (χ1v) is 7.83. The Labute approximate surface area is 136 Å². The number of hydrogen-bond acceptors (Lipinski definition) is 2. The van der Waals surface area contributed by atoms with E-state index in [4.69, 9.17) is 11.6 Å². The average Bonchev–Trinajstić information content (AvgIpc) is 2.46. The van der Waals surface area contributed by atoms with Gasteiger partial charge in [-0.15, -0.1) is 0 Å². The van der Waals surface area contributed by atoms with Gasteiger partial charge in [0.2, 0.25) is 0 Å². The van der Waals surface area contributed by atoms with E-state index in [0.29, 0.717) is 22.2 Å². The van der Waals surface area contributed by atoms with Crippen molar-refractivity contribution in [3.05, 3.63) is 28.8 Å². The molecule has 0 unspecified atom stereocenters. The summed E-state index contributed by atoms with van der Waals surface area (Å²) in [5, 5.41) is 3.32. The third-order valence-corrected chi connectivity index (χ3v) is 4.04. The van der Waals surface area contributed by atoms with Crippen LogP contribution in [0.25, 0.3) is 0 Å². The molecule has 1 aromatic carbocycles. The van der Waals surface area contributed by atoms with Crippen LogP contribution in [0.2, 0.25) is 5.02 Å². The molecule has 120 valence electrons. The van der Waals surface area contributed by atoms with E-state index in [1.165, 1.54) is 4.90 Å². The van der Waals surface area contributed by atoms with Crippen LogP contribution in [0.1, 0.15) is 30.1 Å². The molecule has 6 heteroatoms. The second-order valence-electron chi connectivity index (χ2n) is 6.01. The summed E-state index contributed by atoms with van der Waals surface area (Å²) >= 11 is 6.00. The quantitative estimate of drug-likeness (QED) is 0.907. The predicted molar refractivity (Wildman–Crippen MR) is 88.5 cm³/mol. The highest BCUT2D eigenvalue weighted by Gasteiger charge is 2.22. The standard InChI is InChI=1S/C16H22ClN3O2/c1-11-5-4-8-20(10-11)16(22)18-14-9-12(17)6-7-13(14)15(21)19(2)3/h6-7,9,11H,4-5,8,10H2,1-3H3,(H,18,22)/t11-/m1/s1. The van der Waals surface area contributed by atoms with Gasteiger partial charge in [0.15, 0.2) is 0 Å². The highest BCUT2D eigenvalue weighted by Crippen LogP contribution is 2.23. The normalized spacial score (nSPS) is 18.0. The van der Waals surface area contributed by atoms with Crippen molar-refractivity contribution in [3.63, 3.8) is 0 Å². The number of rotatable bonds is 2. The number of halogens is 1. The van der Waals surface area contributed by atoms with Crippen LogP contribution in [-0.2, 0) is 0 Å². The van der Waals surface area contributed by atoms with E-state index in [-0.39, 0.29) is 11.9 Å². The Bertz CT molecular complexity index is 575. The molecule has 0 aliphatic carbocycles. The molecule has 5 nitrogen and oxygen atoms in total. The van der Waals surface area contributed by atoms with Crippen LogP contribution in [0.4, 0.5) is 10.5 Å². The van der Waals surface area contributed by atoms with Crippen LogP contribution in [0.5, 0.6) is 0 Å². The lowest BCUT2D eigenvalue weighted by molar-refractivity contribution is 0.0828. The monoisotopic (exact) mass is 323 g/mol. The van der Waals surface area contributed by atoms with E-state index >= 15 is 0 Å². The van der Waals surface area contributed by atoms with Crippen molar-refractivity contribution in [1.29, 1.82) is 0 Å². The molecule has 22 heavy (non-hydrogen) atoms. The van der Waals surface area contributed by atoms with Gasteiger partial charge in [-0.3, -0.25) is 4.79 Å². The Morgan fingerprint density at radius 3 is 2.73 bits per heavy atom. The van der Waals surface area contributed by atoms with Crippen LogP contribution in [0, 0.1) is 5.92 Å². The Balaban J connectivity index is 2.19. The molecule has 1 atom stereocenters. The van der Waals surface area contributed by atoms with Crippen LogP contribution < -0.4 is 5.32 Å². The molecule has 3 amide bonds. The maximum Gasteiger partial charge on any atom is 0.321 e. The van der Waals surface area contributed by atoms with Gasteiger partial charge in [0.05, 0.1) is 11.3 Å². The van der Waals surface area contributed by atoms with Gasteiger partial charge in [0, 0.05) is 32.2 Å². The van der Waals surface area contributed by atoms with Crippen molar-refractivity contribution in [2.75, 3.05) is 32.5 Å². The van der Waals surface area contributed by atoms with Gasteiger partial charge in [0.25, 0.3) is 5.91 Å². The van der Waals surface area contributed by atoms with E-state index in [9.17, 15) is 9.59 Å². The molecule has 0 aromatic heterocycles. The zero-order valence-electron chi connectivity index (χ0n) is 13.2. The molecule has 1 saturated heterocycles. The predicted octanol–water partition coefficient (Wildman–Crippen LogP) is 3.31. The number of hydrogen-bond donors (Lipinski definition) is 1. The Hall–Kier alpha value is -1.75. The van der Waals surface area contributed by atoms with Crippen molar-refractivity contribution < 1.29 is 9.59 Å². The molecule has 2 rings (SSSR count). The number of likely N-dealkylation sites (tertiary alicyclic amines) is 1. The highest BCUT2D eigenvalue weighted by atomic mass is 35.5. The molecule has 1 heterocycles. The van der Waals surface area contributed by atoms with E-state index in [1.807, 2.05) is 0 Å². The number of nitrogens with zero attached hydrogens (tertiary/aromatic N) is 2. The Morgan fingerprint density at radius 2 is 2.09 bits per heavy atom. The first kappa shape index (κ1) is 16.6. The topological polar surface area (TPSA) is 52.7 Å². The minimum Gasteiger partial charge on any atom is -0.345 e. The number of carbonyl (C=O) groups excluding carboxylic acids is 2. The second-order valence-corrected chi connectivity index (χ2v) is 6.45. The summed E-state index contributed by atoms with van der Waals surface area (Å²) < 4.78 is 0. The fraction of sp³-hybridized carbons (Fsp3) is 0.500. The van der Waals surface area contributed by atoms with E-state index < -0.39 is 0 Å². The van der Waals surface area contributed by atoms with Gasteiger partial charge in [-0.2, -0.15) is 0 Å². The van der Waals surface area contributed by atoms with Crippen molar-refractivity contribution in [2.45, 2.75) is 19.8 Å². The number of nitrogens with one attached hydrogen (secondary N) is 1. The first-order valence-electron chi connectivity index (χ1n) is 7.45. The van der Waals surface area contributed by atoms with Crippen LogP contribution in [0.3, 0.4) is 0 Å². The summed E-state index contributed by atoms with van der Waals surface area (Å²) in [5.74, 6) is 0.334. The highest BCUT2D eigenvalue weighted by molar-refractivity contribution is 6.31. The van der Waals surface area contributed by atoms with Gasteiger partial charge in [-0.05, 0) is 37.0 Å². The Morgan fingerprint density at radius 1 is 1.36 bits per heavy atom. The average molecular weight is 324 g/mol. The zero-order valence-corrected chi connectivity index (χ0v) is 14.0. The fourth-order valence-corrected chi connectivity index (χ4v) is 2.79. The lowest BCUT2D eigenvalue weighted by atomic mass is 10.0. The minimum atomic E-state index is -0.179. The molecule has 1 N–H and O–H groups in total. The van der Waals surface area contributed by atoms with E-state index in [0.717, 1.165) is 25.9 Å². The number of urea groups is 1. The van der Waals surface area contributed by atoms with E-state index in [2.05, 4.69) is 12.2 Å².